The lowest BCUT2D eigenvalue weighted by atomic mass is 10.1. The van der Waals surface area contributed by atoms with Crippen molar-refractivity contribution in [2.45, 2.75) is 31.9 Å². The monoisotopic (exact) mass is 264 g/mol. The van der Waals surface area contributed by atoms with Crippen LogP contribution in [0.25, 0.3) is 0 Å². The van der Waals surface area contributed by atoms with E-state index in [0.717, 1.165) is 12.0 Å². The Kier molecular flexibility index (Phi) is 6.53. The summed E-state index contributed by atoms with van der Waals surface area (Å²) in [5.41, 5.74) is 1.07. The van der Waals surface area contributed by atoms with Gasteiger partial charge in [-0.2, -0.15) is 0 Å². The molecule has 0 fully saturated rings. The quantitative estimate of drug-likeness (QED) is 0.774. The van der Waals surface area contributed by atoms with Crippen molar-refractivity contribution in [1.29, 1.82) is 0 Å². The molecule has 0 aliphatic heterocycles. The lowest BCUT2D eigenvalue weighted by Gasteiger charge is -2.22. The zero-order valence-electron chi connectivity index (χ0n) is 12.0. The number of carbonyl (C=O) groups is 1. The molecule has 1 aromatic carbocycles. The van der Waals surface area contributed by atoms with Gasteiger partial charge in [0.1, 0.15) is 0 Å². The molecule has 1 amide bonds. The molecule has 0 aliphatic carbocycles. The average Bonchev–Trinajstić information content (AvgIpc) is 2.38. The van der Waals surface area contributed by atoms with Gasteiger partial charge in [0.05, 0.1) is 12.1 Å². The van der Waals surface area contributed by atoms with Gasteiger partial charge in [-0.05, 0) is 26.1 Å². The number of aliphatic hydroxyl groups excluding tert-OH is 1. The van der Waals surface area contributed by atoms with Gasteiger partial charge in [0.15, 0.2) is 0 Å². The summed E-state index contributed by atoms with van der Waals surface area (Å²) in [6.07, 6.45) is 0.763. The highest BCUT2D eigenvalue weighted by molar-refractivity contribution is 5.81. The van der Waals surface area contributed by atoms with E-state index in [2.05, 4.69) is 5.32 Å². The van der Waals surface area contributed by atoms with E-state index >= 15 is 0 Å². The fraction of sp³-hybridized carbons (Fsp3) is 0.533. The molecular weight excluding hydrogens is 240 g/mol. The van der Waals surface area contributed by atoms with Crippen LogP contribution in [0, 0.1) is 0 Å². The van der Waals surface area contributed by atoms with E-state index in [4.69, 9.17) is 0 Å². The summed E-state index contributed by atoms with van der Waals surface area (Å²) >= 11 is 0. The number of nitrogens with one attached hydrogen (secondary N) is 1. The minimum atomic E-state index is -0.550. The first-order valence-electron chi connectivity index (χ1n) is 6.70. The molecule has 0 radical (unpaired) electrons. The van der Waals surface area contributed by atoms with Crippen LogP contribution in [0.4, 0.5) is 0 Å². The third-order valence-corrected chi connectivity index (χ3v) is 3.14. The molecule has 0 saturated heterocycles. The molecule has 1 aromatic rings. The number of carbonyl (C=O) groups excluding carboxylic acids is 1. The van der Waals surface area contributed by atoms with Gasteiger partial charge < -0.3 is 10.4 Å². The number of rotatable bonds is 7. The maximum Gasteiger partial charge on any atom is 0.237 e. The predicted molar refractivity (Wildman–Crippen MR) is 76.9 cm³/mol. The van der Waals surface area contributed by atoms with Crippen LogP contribution in [0.3, 0.4) is 0 Å². The second-order valence-corrected chi connectivity index (χ2v) is 4.98. The number of benzene rings is 1. The van der Waals surface area contributed by atoms with Crippen LogP contribution in [0.5, 0.6) is 0 Å². The third-order valence-electron chi connectivity index (χ3n) is 3.14. The third kappa shape index (κ3) is 5.41. The summed E-state index contributed by atoms with van der Waals surface area (Å²) in [5.74, 6) is -0.0281. The maximum atomic E-state index is 11.9. The largest absolute Gasteiger partial charge is 0.391 e. The first-order chi connectivity index (χ1) is 9.04. The van der Waals surface area contributed by atoms with Gasteiger partial charge in [0, 0.05) is 13.0 Å². The van der Waals surface area contributed by atoms with Crippen molar-refractivity contribution < 1.29 is 9.90 Å². The number of likely N-dealkylation sites (N-methyl/N-ethyl adjacent to an activating group) is 1. The molecule has 2 unspecified atom stereocenters. The summed E-state index contributed by atoms with van der Waals surface area (Å²) in [7, 11) is 3.77. The summed E-state index contributed by atoms with van der Waals surface area (Å²) in [4.78, 5) is 13.8. The van der Waals surface area contributed by atoms with Crippen molar-refractivity contribution in [3.05, 3.63) is 35.9 Å². The van der Waals surface area contributed by atoms with Crippen LogP contribution in [0.15, 0.2) is 30.3 Å². The van der Waals surface area contributed by atoms with Gasteiger partial charge in [-0.1, -0.05) is 37.3 Å². The van der Waals surface area contributed by atoms with E-state index in [0.29, 0.717) is 6.42 Å². The number of amides is 1. The van der Waals surface area contributed by atoms with Gasteiger partial charge in [-0.25, -0.2) is 0 Å². The second kappa shape index (κ2) is 7.92. The molecule has 0 aliphatic rings. The molecule has 0 saturated carbocycles. The zero-order valence-corrected chi connectivity index (χ0v) is 12.0. The lowest BCUT2D eigenvalue weighted by Crippen LogP contribution is -2.45. The molecule has 2 atom stereocenters. The van der Waals surface area contributed by atoms with Crippen LogP contribution >= 0.6 is 0 Å². The number of aliphatic hydroxyl groups is 1. The smallest absolute Gasteiger partial charge is 0.237 e. The van der Waals surface area contributed by atoms with Crippen LogP contribution in [0.1, 0.15) is 18.9 Å². The number of hydrogen-bond donors (Lipinski definition) is 2. The molecule has 19 heavy (non-hydrogen) atoms. The Morgan fingerprint density at radius 2 is 1.95 bits per heavy atom. The molecule has 2 N–H and O–H groups in total. The molecule has 4 heteroatoms. The van der Waals surface area contributed by atoms with E-state index in [9.17, 15) is 9.90 Å². The van der Waals surface area contributed by atoms with E-state index in [1.54, 1.807) is 0 Å². The fourth-order valence-electron chi connectivity index (χ4n) is 2.08. The first kappa shape index (κ1) is 15.7. The van der Waals surface area contributed by atoms with Crippen molar-refractivity contribution >= 4 is 5.91 Å². The zero-order chi connectivity index (χ0) is 14.3. The second-order valence-electron chi connectivity index (χ2n) is 4.98. The first-order valence-corrected chi connectivity index (χ1v) is 6.70. The standard InChI is InChI=1S/C15H24N2O2/c1-4-14(17(2)3)15(19)16-11-13(18)10-12-8-6-5-7-9-12/h5-9,13-14,18H,4,10-11H2,1-3H3,(H,16,19). The Balaban J connectivity index is 2.37. The van der Waals surface area contributed by atoms with Crippen molar-refractivity contribution in [2.75, 3.05) is 20.6 Å². The Bertz CT molecular complexity index is 379. The van der Waals surface area contributed by atoms with Crippen LogP contribution in [0.2, 0.25) is 0 Å². The van der Waals surface area contributed by atoms with Crippen LogP contribution in [-0.4, -0.2) is 48.7 Å². The van der Waals surface area contributed by atoms with Gasteiger partial charge >= 0.3 is 0 Å². The summed E-state index contributed by atoms with van der Waals surface area (Å²) in [5, 5.41) is 12.7. The molecular formula is C15H24N2O2. The summed E-state index contributed by atoms with van der Waals surface area (Å²) in [6.45, 7) is 2.27. The van der Waals surface area contributed by atoms with Crippen molar-refractivity contribution in [3.8, 4) is 0 Å². The van der Waals surface area contributed by atoms with E-state index in [1.807, 2.05) is 56.3 Å². The predicted octanol–water partition coefficient (Wildman–Crippen LogP) is 1.05. The Morgan fingerprint density at radius 1 is 1.32 bits per heavy atom. The Hall–Kier alpha value is -1.39. The molecule has 1 rings (SSSR count). The molecule has 106 valence electrons. The molecule has 4 nitrogen and oxygen atoms in total. The van der Waals surface area contributed by atoms with Gasteiger partial charge in [0.25, 0.3) is 0 Å². The summed E-state index contributed by atoms with van der Waals surface area (Å²) < 4.78 is 0. The minimum absolute atomic E-state index is 0.0281. The summed E-state index contributed by atoms with van der Waals surface area (Å²) in [6, 6.07) is 9.64. The van der Waals surface area contributed by atoms with Crippen molar-refractivity contribution in [1.82, 2.24) is 10.2 Å². The highest BCUT2D eigenvalue weighted by Gasteiger charge is 2.18. The molecule has 0 spiro atoms. The number of nitrogens with zero attached hydrogens (tertiary/aromatic N) is 1. The minimum Gasteiger partial charge on any atom is -0.391 e. The average molecular weight is 264 g/mol. The van der Waals surface area contributed by atoms with E-state index in [-0.39, 0.29) is 18.5 Å². The Labute approximate surface area is 115 Å². The SMILES string of the molecule is CCC(C(=O)NCC(O)Cc1ccccc1)N(C)C. The normalized spacial score (nSPS) is 14.2. The van der Waals surface area contributed by atoms with E-state index in [1.165, 1.54) is 0 Å². The van der Waals surface area contributed by atoms with E-state index < -0.39 is 6.10 Å². The number of hydrogen-bond acceptors (Lipinski definition) is 3. The highest BCUT2D eigenvalue weighted by Crippen LogP contribution is 2.03. The lowest BCUT2D eigenvalue weighted by molar-refractivity contribution is -0.126. The molecule has 0 aromatic heterocycles. The van der Waals surface area contributed by atoms with Gasteiger partial charge in [-0.15, -0.1) is 0 Å². The van der Waals surface area contributed by atoms with Gasteiger partial charge in [0.2, 0.25) is 5.91 Å². The topological polar surface area (TPSA) is 52.6 Å². The van der Waals surface area contributed by atoms with Crippen molar-refractivity contribution in [2.24, 2.45) is 0 Å². The Morgan fingerprint density at radius 3 is 2.47 bits per heavy atom. The molecule has 0 heterocycles. The fourth-order valence-corrected chi connectivity index (χ4v) is 2.08. The van der Waals surface area contributed by atoms with Gasteiger partial charge in [-0.3, -0.25) is 9.69 Å². The van der Waals surface area contributed by atoms with Crippen molar-refractivity contribution in [3.63, 3.8) is 0 Å². The molecule has 0 bridgehead atoms. The van der Waals surface area contributed by atoms with Crippen LogP contribution < -0.4 is 5.32 Å². The maximum absolute atomic E-state index is 11.9. The van der Waals surface area contributed by atoms with Crippen LogP contribution in [-0.2, 0) is 11.2 Å². The highest BCUT2D eigenvalue weighted by atomic mass is 16.3.